The summed E-state index contributed by atoms with van der Waals surface area (Å²) >= 11 is 0. The molecule has 200 valence electrons. The summed E-state index contributed by atoms with van der Waals surface area (Å²) in [4.78, 5) is 33.4. The third kappa shape index (κ3) is 5.32. The molecule has 2 aliphatic heterocycles. The highest BCUT2D eigenvalue weighted by Crippen LogP contribution is 2.36. The fraction of sp³-hybridized carbons (Fsp3) is 0.533. The summed E-state index contributed by atoms with van der Waals surface area (Å²) in [6.07, 6.45) is 7.44. The van der Waals surface area contributed by atoms with Crippen LogP contribution in [0, 0.1) is 5.92 Å². The number of benzene rings is 2. The number of amides is 2. The summed E-state index contributed by atoms with van der Waals surface area (Å²) in [6, 6.07) is 16.8. The van der Waals surface area contributed by atoms with E-state index >= 15 is 0 Å². The van der Waals surface area contributed by atoms with E-state index in [4.69, 9.17) is 0 Å². The minimum absolute atomic E-state index is 0.0636. The zero-order valence-corrected chi connectivity index (χ0v) is 22.3. The lowest BCUT2D eigenvalue weighted by Crippen LogP contribution is -2.53. The van der Waals surface area contributed by atoms with Crippen LogP contribution < -0.4 is 4.90 Å². The molecule has 2 unspecified atom stereocenters. The zero-order valence-electron chi connectivity index (χ0n) is 22.3. The molecule has 8 nitrogen and oxygen atoms in total. The van der Waals surface area contributed by atoms with Gasteiger partial charge in [-0.2, -0.15) is 0 Å². The van der Waals surface area contributed by atoms with E-state index in [2.05, 4.69) is 26.2 Å². The maximum absolute atomic E-state index is 13.9. The Labute approximate surface area is 224 Å². The number of para-hydroxylation sites is 2. The summed E-state index contributed by atoms with van der Waals surface area (Å²) in [7, 11) is 0. The van der Waals surface area contributed by atoms with E-state index in [1.165, 1.54) is 25.7 Å². The number of carbonyl (C=O) groups is 2. The van der Waals surface area contributed by atoms with Gasteiger partial charge < -0.3 is 9.80 Å². The van der Waals surface area contributed by atoms with Gasteiger partial charge >= 0.3 is 0 Å². The maximum atomic E-state index is 13.9. The first-order valence-corrected chi connectivity index (χ1v) is 14.2. The Morgan fingerprint density at radius 2 is 1.74 bits per heavy atom. The molecule has 1 aromatic heterocycles. The third-order valence-electron chi connectivity index (χ3n) is 8.63. The molecule has 0 radical (unpaired) electrons. The molecule has 2 atom stereocenters. The topological polar surface area (TPSA) is 74.6 Å². The molecule has 38 heavy (non-hydrogen) atoms. The lowest BCUT2D eigenvalue weighted by molar-refractivity contribution is -0.133. The van der Waals surface area contributed by atoms with Crippen LogP contribution in [0.5, 0.6) is 0 Å². The van der Waals surface area contributed by atoms with Crippen molar-refractivity contribution in [3.05, 3.63) is 54.1 Å². The number of nitrogens with zero attached hydrogens (tertiary/aromatic N) is 6. The maximum Gasteiger partial charge on any atom is 0.224 e. The van der Waals surface area contributed by atoms with E-state index in [1.54, 1.807) is 6.92 Å². The van der Waals surface area contributed by atoms with Crippen molar-refractivity contribution in [2.45, 2.75) is 77.0 Å². The average molecular weight is 515 g/mol. The van der Waals surface area contributed by atoms with E-state index in [1.807, 2.05) is 52.0 Å². The van der Waals surface area contributed by atoms with Gasteiger partial charge in [0.25, 0.3) is 0 Å². The number of fused-ring (bicyclic) bond motifs is 4. The molecule has 1 aliphatic carbocycles. The van der Waals surface area contributed by atoms with Gasteiger partial charge in [0.1, 0.15) is 5.52 Å². The fourth-order valence-electron chi connectivity index (χ4n) is 6.41. The van der Waals surface area contributed by atoms with Gasteiger partial charge in [-0.3, -0.25) is 14.5 Å². The number of aryl methyl sites for hydroxylation is 1. The summed E-state index contributed by atoms with van der Waals surface area (Å²) in [5.74, 6) is 0.976. The van der Waals surface area contributed by atoms with Gasteiger partial charge in [-0.1, -0.05) is 42.0 Å². The first-order valence-electron chi connectivity index (χ1n) is 14.2. The molecule has 1 saturated carbocycles. The monoisotopic (exact) mass is 514 g/mol. The minimum Gasteiger partial charge on any atom is -0.337 e. The number of piperidine rings is 1. The lowest BCUT2D eigenvalue weighted by Gasteiger charge is -2.44. The molecule has 0 spiro atoms. The van der Waals surface area contributed by atoms with Crippen molar-refractivity contribution in [1.29, 1.82) is 0 Å². The first-order chi connectivity index (χ1) is 18.6. The Morgan fingerprint density at radius 1 is 0.947 bits per heavy atom. The van der Waals surface area contributed by atoms with Crippen LogP contribution in [-0.4, -0.2) is 68.3 Å². The molecule has 3 heterocycles. The number of carbonyl (C=O) groups excluding carboxylic acids is 2. The van der Waals surface area contributed by atoms with Crippen molar-refractivity contribution < 1.29 is 9.59 Å². The Bertz CT molecular complexity index is 1300. The van der Waals surface area contributed by atoms with Crippen LogP contribution in [0.15, 0.2) is 48.5 Å². The molecule has 2 aromatic carbocycles. The molecule has 3 aliphatic rings. The van der Waals surface area contributed by atoms with Crippen molar-refractivity contribution in [2.24, 2.45) is 5.92 Å². The Hall–Kier alpha value is -3.26. The molecule has 1 saturated heterocycles. The van der Waals surface area contributed by atoms with Crippen LogP contribution in [0.3, 0.4) is 0 Å². The van der Waals surface area contributed by atoms with Crippen molar-refractivity contribution in [2.75, 3.05) is 24.5 Å². The SMILES string of the molecule is CC(=O)N1CCC2CCCC(CN(C(=O)CCn3nnc4ccccc43)Cc3ccccc31)N2CC1CC1. The smallest absolute Gasteiger partial charge is 0.224 e. The van der Waals surface area contributed by atoms with E-state index in [-0.39, 0.29) is 11.8 Å². The molecule has 8 heteroatoms. The Morgan fingerprint density at radius 3 is 2.58 bits per heavy atom. The summed E-state index contributed by atoms with van der Waals surface area (Å²) in [6.45, 7) is 5.24. The quantitative estimate of drug-likeness (QED) is 0.509. The predicted molar refractivity (Wildman–Crippen MR) is 148 cm³/mol. The third-order valence-corrected chi connectivity index (χ3v) is 8.63. The highest BCUT2D eigenvalue weighted by molar-refractivity contribution is 5.92. The highest BCUT2D eigenvalue weighted by atomic mass is 16.2. The van der Waals surface area contributed by atoms with Gasteiger partial charge in [0.2, 0.25) is 11.8 Å². The lowest BCUT2D eigenvalue weighted by atomic mass is 9.92. The molecular formula is C30H38N6O2. The standard InChI is InChI=1S/C30H38N6O2/c1-22(37)34-17-15-25-8-6-9-26(35(25)19-23-13-14-23)21-33(20-24-7-2-4-11-28(24)34)30(38)16-18-36-29-12-5-3-10-27(29)31-32-36/h2-5,7,10-12,23,25-26H,6,8-9,13-21H2,1H3. The van der Waals surface area contributed by atoms with Crippen molar-refractivity contribution >= 4 is 28.5 Å². The Balaban J connectivity index is 1.30. The van der Waals surface area contributed by atoms with E-state index in [0.29, 0.717) is 31.6 Å². The minimum atomic E-state index is 0.0636. The van der Waals surface area contributed by atoms with Crippen molar-refractivity contribution in [3.8, 4) is 0 Å². The van der Waals surface area contributed by atoms with E-state index in [9.17, 15) is 9.59 Å². The van der Waals surface area contributed by atoms with Crippen LogP contribution in [0.4, 0.5) is 5.69 Å². The highest BCUT2D eigenvalue weighted by Gasteiger charge is 2.37. The number of rotatable bonds is 5. The van der Waals surface area contributed by atoms with Crippen LogP contribution in [-0.2, 0) is 22.7 Å². The van der Waals surface area contributed by atoms with Crippen molar-refractivity contribution in [3.63, 3.8) is 0 Å². The van der Waals surface area contributed by atoms with Gasteiger partial charge in [0, 0.05) is 57.3 Å². The molecule has 2 fully saturated rings. The second-order valence-electron chi connectivity index (χ2n) is 11.3. The van der Waals surface area contributed by atoms with Crippen molar-refractivity contribution in [1.82, 2.24) is 24.8 Å². The van der Waals surface area contributed by atoms with Gasteiger partial charge in [-0.05, 0) is 61.8 Å². The van der Waals surface area contributed by atoms with Gasteiger partial charge in [0.05, 0.1) is 12.1 Å². The van der Waals surface area contributed by atoms with Crippen LogP contribution in [0.2, 0.25) is 0 Å². The average Bonchev–Trinajstić information content (AvgIpc) is 3.65. The number of hydrogen-bond acceptors (Lipinski definition) is 5. The predicted octanol–water partition coefficient (Wildman–Crippen LogP) is 4.24. The number of hydrogen-bond donors (Lipinski definition) is 0. The van der Waals surface area contributed by atoms with Gasteiger partial charge in [0.15, 0.2) is 0 Å². The number of anilines is 1. The first kappa shape index (κ1) is 25.0. The summed E-state index contributed by atoms with van der Waals surface area (Å²) in [5, 5.41) is 8.55. The molecule has 3 aromatic rings. The summed E-state index contributed by atoms with van der Waals surface area (Å²) in [5.41, 5.74) is 3.76. The number of aromatic nitrogens is 3. The molecule has 0 N–H and O–H groups in total. The van der Waals surface area contributed by atoms with E-state index in [0.717, 1.165) is 60.7 Å². The molecule has 2 bridgehead atoms. The fourth-order valence-corrected chi connectivity index (χ4v) is 6.41. The zero-order chi connectivity index (χ0) is 26.1. The second kappa shape index (κ2) is 10.8. The summed E-state index contributed by atoms with van der Waals surface area (Å²) < 4.78 is 1.83. The largest absolute Gasteiger partial charge is 0.337 e. The van der Waals surface area contributed by atoms with Gasteiger partial charge in [-0.25, -0.2) is 4.68 Å². The van der Waals surface area contributed by atoms with Crippen LogP contribution >= 0.6 is 0 Å². The molecule has 2 amide bonds. The van der Waals surface area contributed by atoms with Gasteiger partial charge in [-0.15, -0.1) is 5.10 Å². The van der Waals surface area contributed by atoms with Crippen LogP contribution in [0.25, 0.3) is 11.0 Å². The second-order valence-corrected chi connectivity index (χ2v) is 11.3. The Kier molecular flexibility index (Phi) is 7.15. The van der Waals surface area contributed by atoms with Crippen LogP contribution in [0.1, 0.15) is 57.4 Å². The molecular weight excluding hydrogens is 476 g/mol. The normalized spacial score (nSPS) is 22.7. The molecule has 6 rings (SSSR count). The van der Waals surface area contributed by atoms with E-state index < -0.39 is 0 Å².